The molecule has 2 atom stereocenters. The number of amides is 4. The molecule has 2 aromatic carbocycles. The molecule has 4 N–H and O–H groups in total. The van der Waals surface area contributed by atoms with Crippen LogP contribution in [0.4, 0.5) is 10.5 Å². The molecule has 2 unspecified atom stereocenters. The lowest BCUT2D eigenvalue weighted by molar-refractivity contribution is -0.146. The van der Waals surface area contributed by atoms with E-state index in [0.717, 1.165) is 17.5 Å². The van der Waals surface area contributed by atoms with Crippen molar-refractivity contribution in [1.82, 2.24) is 10.2 Å². The first-order valence-electron chi connectivity index (χ1n) is 13.7. The first kappa shape index (κ1) is 31.7. The van der Waals surface area contributed by atoms with Crippen molar-refractivity contribution in [3.05, 3.63) is 70.8 Å². The first-order valence-corrected chi connectivity index (χ1v) is 14.1. The van der Waals surface area contributed by atoms with E-state index in [1.54, 1.807) is 57.2 Å². The summed E-state index contributed by atoms with van der Waals surface area (Å²) in [7, 11) is 0. The summed E-state index contributed by atoms with van der Waals surface area (Å²) < 4.78 is 5.39. The summed E-state index contributed by atoms with van der Waals surface area (Å²) in [6.07, 6.45) is 2.88. The molecule has 0 bridgehead atoms. The SMILES string of the molecule is C=Cc1cccc(C(C(=O)Nc2c(C)cccc2Cl)N(C(=O)C(CCC(N)=O)NC(=O)OC(C)(C)C)C2CCC2)c1. The molecule has 1 saturated carbocycles. The summed E-state index contributed by atoms with van der Waals surface area (Å²) in [6.45, 7) is 10.8. The zero-order chi connectivity index (χ0) is 30.3. The Balaban J connectivity index is 2.08. The largest absolute Gasteiger partial charge is 0.444 e. The third-order valence-corrected chi connectivity index (χ3v) is 7.16. The molecule has 1 aliphatic carbocycles. The summed E-state index contributed by atoms with van der Waals surface area (Å²) in [4.78, 5) is 54.4. The minimum absolute atomic E-state index is 0.0543. The van der Waals surface area contributed by atoms with Crippen LogP contribution >= 0.6 is 11.6 Å². The minimum atomic E-state index is -1.15. The number of nitrogens with zero attached hydrogens (tertiary/aromatic N) is 1. The Kier molecular flexibility index (Phi) is 10.6. The van der Waals surface area contributed by atoms with Gasteiger partial charge in [-0.2, -0.15) is 0 Å². The normalized spacial score (nSPS) is 14.7. The number of hydrogen-bond donors (Lipinski definition) is 3. The molecule has 220 valence electrons. The zero-order valence-corrected chi connectivity index (χ0v) is 24.8. The van der Waals surface area contributed by atoms with E-state index < -0.39 is 41.5 Å². The Labute approximate surface area is 246 Å². The van der Waals surface area contributed by atoms with Gasteiger partial charge in [0, 0.05) is 12.5 Å². The number of alkyl carbamates (subject to hydrolysis) is 1. The molecule has 3 rings (SSSR count). The molecule has 10 heteroatoms. The Morgan fingerprint density at radius 3 is 2.41 bits per heavy atom. The quantitative estimate of drug-likeness (QED) is 0.321. The molecule has 0 saturated heterocycles. The number of aryl methyl sites for hydroxylation is 1. The fourth-order valence-corrected chi connectivity index (χ4v) is 4.90. The van der Waals surface area contributed by atoms with Gasteiger partial charge in [0.25, 0.3) is 5.91 Å². The van der Waals surface area contributed by atoms with Gasteiger partial charge in [-0.05, 0) is 82.2 Å². The van der Waals surface area contributed by atoms with E-state index in [0.29, 0.717) is 29.1 Å². The molecule has 2 aromatic rings. The lowest BCUT2D eigenvalue weighted by Gasteiger charge is -2.43. The highest BCUT2D eigenvalue weighted by atomic mass is 35.5. The summed E-state index contributed by atoms with van der Waals surface area (Å²) >= 11 is 6.43. The zero-order valence-electron chi connectivity index (χ0n) is 24.0. The summed E-state index contributed by atoms with van der Waals surface area (Å²) in [5.74, 6) is -1.60. The maximum absolute atomic E-state index is 14.3. The monoisotopic (exact) mass is 582 g/mol. The van der Waals surface area contributed by atoms with Crippen LogP contribution in [0, 0.1) is 6.92 Å². The van der Waals surface area contributed by atoms with E-state index in [1.807, 2.05) is 19.1 Å². The average molecular weight is 583 g/mol. The Bertz CT molecular complexity index is 1280. The van der Waals surface area contributed by atoms with E-state index in [4.69, 9.17) is 22.1 Å². The van der Waals surface area contributed by atoms with Gasteiger partial charge in [0.05, 0.1) is 10.7 Å². The van der Waals surface area contributed by atoms with Crippen LogP contribution in [0.25, 0.3) is 6.08 Å². The topological polar surface area (TPSA) is 131 Å². The highest BCUT2D eigenvalue weighted by molar-refractivity contribution is 6.34. The molecule has 1 aliphatic rings. The van der Waals surface area contributed by atoms with Crippen LogP contribution < -0.4 is 16.4 Å². The van der Waals surface area contributed by atoms with E-state index in [2.05, 4.69) is 17.2 Å². The van der Waals surface area contributed by atoms with Crippen molar-refractivity contribution in [1.29, 1.82) is 0 Å². The second-order valence-electron chi connectivity index (χ2n) is 11.2. The van der Waals surface area contributed by atoms with Crippen LogP contribution in [0.2, 0.25) is 5.02 Å². The fraction of sp³-hybridized carbons (Fsp3) is 0.419. The average Bonchev–Trinajstić information content (AvgIpc) is 2.86. The summed E-state index contributed by atoms with van der Waals surface area (Å²) in [5, 5.41) is 5.92. The number of rotatable bonds is 11. The Morgan fingerprint density at radius 2 is 1.85 bits per heavy atom. The minimum Gasteiger partial charge on any atom is -0.444 e. The van der Waals surface area contributed by atoms with Crippen LogP contribution in [0.1, 0.15) is 75.6 Å². The molecule has 1 fully saturated rings. The molecule has 0 radical (unpaired) electrons. The predicted octanol–water partition coefficient (Wildman–Crippen LogP) is 5.51. The van der Waals surface area contributed by atoms with Crippen molar-refractivity contribution >= 4 is 47.2 Å². The number of nitrogens with two attached hydrogens (primary N) is 1. The predicted molar refractivity (Wildman–Crippen MR) is 160 cm³/mol. The van der Waals surface area contributed by atoms with Crippen LogP contribution in [0.5, 0.6) is 0 Å². The molecule has 4 amide bonds. The number of nitrogens with one attached hydrogen (secondary N) is 2. The fourth-order valence-electron chi connectivity index (χ4n) is 4.63. The van der Waals surface area contributed by atoms with Gasteiger partial charge in [0.15, 0.2) is 0 Å². The molecule has 9 nitrogen and oxygen atoms in total. The highest BCUT2D eigenvalue weighted by Gasteiger charge is 2.42. The third-order valence-electron chi connectivity index (χ3n) is 6.85. The number of ether oxygens (including phenoxy) is 1. The van der Waals surface area contributed by atoms with Crippen molar-refractivity contribution in [2.45, 2.75) is 83.5 Å². The number of primary amides is 1. The number of carbonyl (C=O) groups excluding carboxylic acids is 4. The van der Waals surface area contributed by atoms with E-state index >= 15 is 0 Å². The maximum Gasteiger partial charge on any atom is 0.408 e. The molecular weight excluding hydrogens is 544 g/mol. The number of hydrogen-bond acceptors (Lipinski definition) is 5. The van der Waals surface area contributed by atoms with Gasteiger partial charge in [0.1, 0.15) is 17.7 Å². The van der Waals surface area contributed by atoms with Gasteiger partial charge < -0.3 is 26.0 Å². The number of anilines is 1. The van der Waals surface area contributed by atoms with E-state index in [1.165, 1.54) is 4.90 Å². The van der Waals surface area contributed by atoms with Crippen molar-refractivity contribution in [3.63, 3.8) is 0 Å². The number of benzene rings is 2. The molecule has 0 aromatic heterocycles. The van der Waals surface area contributed by atoms with Gasteiger partial charge in [-0.3, -0.25) is 14.4 Å². The molecule has 0 aliphatic heterocycles. The molecule has 0 spiro atoms. The second-order valence-corrected chi connectivity index (χ2v) is 11.6. The van der Waals surface area contributed by atoms with Crippen molar-refractivity contribution in [2.24, 2.45) is 5.73 Å². The van der Waals surface area contributed by atoms with Crippen LogP contribution in [-0.4, -0.2) is 46.4 Å². The first-order chi connectivity index (χ1) is 19.3. The Morgan fingerprint density at radius 1 is 1.17 bits per heavy atom. The van der Waals surface area contributed by atoms with Gasteiger partial charge in [-0.25, -0.2) is 4.79 Å². The van der Waals surface area contributed by atoms with Crippen LogP contribution in [0.15, 0.2) is 49.0 Å². The lowest BCUT2D eigenvalue weighted by atomic mass is 9.87. The van der Waals surface area contributed by atoms with Crippen molar-refractivity contribution in [2.75, 3.05) is 5.32 Å². The van der Waals surface area contributed by atoms with Crippen molar-refractivity contribution < 1.29 is 23.9 Å². The highest BCUT2D eigenvalue weighted by Crippen LogP contribution is 2.36. The number of carbonyl (C=O) groups is 4. The second kappa shape index (κ2) is 13.7. The molecule has 0 heterocycles. The molecule has 41 heavy (non-hydrogen) atoms. The van der Waals surface area contributed by atoms with E-state index in [-0.39, 0.29) is 18.9 Å². The number of halogens is 1. The van der Waals surface area contributed by atoms with Crippen molar-refractivity contribution in [3.8, 4) is 0 Å². The van der Waals surface area contributed by atoms with Crippen LogP contribution in [-0.2, 0) is 19.1 Å². The summed E-state index contributed by atoms with van der Waals surface area (Å²) in [6, 6.07) is 10.0. The Hall–Kier alpha value is -3.85. The smallest absolute Gasteiger partial charge is 0.408 e. The standard InChI is InChI=1S/C31H39ClN4O5/c1-6-20-11-8-12-21(18-20)27(28(38)35-26-19(2)10-7-15-23(26)32)36(22-13-9-14-22)29(39)24(16-17-25(33)37)34-30(40)41-31(3,4)5/h6-8,10-12,15,18,22,24,27H,1,9,13-14,16-17H2,2-5H3,(H2,33,37)(H,34,40)(H,35,38). The van der Waals surface area contributed by atoms with Gasteiger partial charge in [0.2, 0.25) is 11.8 Å². The van der Waals surface area contributed by atoms with Crippen LogP contribution in [0.3, 0.4) is 0 Å². The maximum atomic E-state index is 14.3. The third kappa shape index (κ3) is 8.57. The molecular formula is C31H39ClN4O5. The lowest BCUT2D eigenvalue weighted by Crippen LogP contribution is -2.57. The van der Waals surface area contributed by atoms with Gasteiger partial charge >= 0.3 is 6.09 Å². The van der Waals surface area contributed by atoms with E-state index in [9.17, 15) is 19.2 Å². The van der Waals surface area contributed by atoms with Gasteiger partial charge in [-0.1, -0.05) is 54.6 Å². The summed E-state index contributed by atoms with van der Waals surface area (Å²) in [5.41, 5.74) is 7.13. The van der Waals surface area contributed by atoms with Gasteiger partial charge in [-0.15, -0.1) is 0 Å². The number of para-hydroxylation sites is 1.